The van der Waals surface area contributed by atoms with Crippen LogP contribution in [0.4, 0.5) is 0 Å². The number of phenolic OH excluding ortho intramolecular Hbond substituents is 1. The Labute approximate surface area is 151 Å². The van der Waals surface area contributed by atoms with Gasteiger partial charge in [0.05, 0.1) is 5.69 Å². The van der Waals surface area contributed by atoms with Crippen molar-refractivity contribution in [2.45, 2.75) is 12.3 Å². The van der Waals surface area contributed by atoms with E-state index in [4.69, 9.17) is 0 Å². The van der Waals surface area contributed by atoms with E-state index in [0.29, 0.717) is 30.1 Å². The van der Waals surface area contributed by atoms with E-state index in [-0.39, 0.29) is 11.7 Å². The van der Waals surface area contributed by atoms with Gasteiger partial charge in [0.25, 0.3) is 0 Å². The Hall–Kier alpha value is -2.93. The van der Waals surface area contributed by atoms with Gasteiger partial charge >= 0.3 is 0 Å². The molecule has 3 N–H and O–H groups in total. The largest absolute Gasteiger partial charge is 0.507 e. The molecule has 0 bridgehead atoms. The normalized spacial score (nSPS) is 14.6. The molecule has 1 fully saturated rings. The number of nitrogens with zero attached hydrogens (tertiary/aromatic N) is 3. The fraction of sp³-hybridized carbons (Fsp3) is 0.316. The van der Waals surface area contributed by atoms with Crippen LogP contribution in [-0.2, 0) is 4.79 Å². The number of rotatable bonds is 5. The van der Waals surface area contributed by atoms with Crippen LogP contribution in [0.25, 0.3) is 22.3 Å². The molecule has 2 aromatic heterocycles. The summed E-state index contributed by atoms with van der Waals surface area (Å²) in [6.45, 7) is 2.15. The number of para-hydroxylation sites is 1. The number of carbonyl (C=O) groups excluding carboxylic acids is 1. The van der Waals surface area contributed by atoms with Crippen molar-refractivity contribution in [3.63, 3.8) is 0 Å². The lowest BCUT2D eigenvalue weighted by Crippen LogP contribution is -2.48. The van der Waals surface area contributed by atoms with Crippen molar-refractivity contribution in [3.8, 4) is 17.0 Å². The first-order valence-electron chi connectivity index (χ1n) is 8.73. The molecule has 26 heavy (non-hydrogen) atoms. The topological polar surface area (TPSA) is 94.1 Å². The van der Waals surface area contributed by atoms with Crippen LogP contribution in [-0.4, -0.2) is 57.8 Å². The number of phenols is 1. The summed E-state index contributed by atoms with van der Waals surface area (Å²) in [5.74, 6) is 0.664. The van der Waals surface area contributed by atoms with Crippen molar-refractivity contribution in [1.82, 2.24) is 25.4 Å². The molecule has 0 saturated carbocycles. The molecular formula is C19H21N5O2. The molecule has 1 saturated heterocycles. The molecule has 0 unspecified atom stereocenters. The second kappa shape index (κ2) is 6.76. The zero-order chi connectivity index (χ0) is 18.1. The maximum absolute atomic E-state index is 12.1. The molecule has 1 aliphatic rings. The van der Waals surface area contributed by atoms with E-state index < -0.39 is 0 Å². The zero-order valence-corrected chi connectivity index (χ0v) is 14.6. The Morgan fingerprint density at radius 2 is 2.15 bits per heavy atom. The molecule has 7 nitrogen and oxygen atoms in total. The van der Waals surface area contributed by atoms with Gasteiger partial charge in [0.1, 0.15) is 5.75 Å². The third kappa shape index (κ3) is 2.90. The lowest BCUT2D eigenvalue weighted by Gasteiger charge is -2.39. The first kappa shape index (κ1) is 16.5. The maximum atomic E-state index is 12.1. The van der Waals surface area contributed by atoms with E-state index in [2.05, 4.69) is 20.5 Å². The van der Waals surface area contributed by atoms with Gasteiger partial charge < -0.3 is 20.3 Å². The lowest BCUT2D eigenvalue weighted by molar-refractivity contribution is -0.135. The van der Waals surface area contributed by atoms with Gasteiger partial charge in [-0.25, -0.2) is 0 Å². The number of aromatic amines is 1. The maximum Gasteiger partial charge on any atom is 0.223 e. The van der Waals surface area contributed by atoms with Crippen LogP contribution >= 0.6 is 0 Å². The second-order valence-corrected chi connectivity index (χ2v) is 6.60. The molecule has 134 valence electrons. The summed E-state index contributed by atoms with van der Waals surface area (Å²) < 4.78 is 0. The SMILES string of the molecule is CNCCC(=O)N1CC(c2c[nH]c3nnc(-c4ccccc4O)cc23)C1. The number of likely N-dealkylation sites (tertiary alicyclic amines) is 1. The molecule has 0 aliphatic carbocycles. The predicted octanol–water partition coefficient (Wildman–Crippen LogP) is 1.87. The summed E-state index contributed by atoms with van der Waals surface area (Å²) in [4.78, 5) is 17.1. The summed E-state index contributed by atoms with van der Waals surface area (Å²) in [6.07, 6.45) is 2.48. The number of aromatic hydroxyl groups is 1. The molecule has 3 aromatic rings. The highest BCUT2D eigenvalue weighted by atomic mass is 16.3. The van der Waals surface area contributed by atoms with Crippen LogP contribution in [0.5, 0.6) is 5.75 Å². The second-order valence-electron chi connectivity index (χ2n) is 6.60. The molecule has 4 rings (SSSR count). The van der Waals surface area contributed by atoms with Crippen molar-refractivity contribution >= 4 is 16.9 Å². The molecule has 1 aliphatic heterocycles. The number of H-pyrrole nitrogens is 1. The number of aromatic nitrogens is 3. The summed E-state index contributed by atoms with van der Waals surface area (Å²) in [5, 5.41) is 22.5. The van der Waals surface area contributed by atoms with Gasteiger partial charge in [-0.15, -0.1) is 10.2 Å². The number of benzene rings is 1. The first-order chi connectivity index (χ1) is 12.7. The highest BCUT2D eigenvalue weighted by Gasteiger charge is 2.33. The highest BCUT2D eigenvalue weighted by Crippen LogP contribution is 2.34. The molecule has 0 radical (unpaired) electrons. The molecule has 1 aromatic carbocycles. The van der Waals surface area contributed by atoms with Crippen molar-refractivity contribution in [2.24, 2.45) is 0 Å². The van der Waals surface area contributed by atoms with E-state index in [9.17, 15) is 9.90 Å². The summed E-state index contributed by atoms with van der Waals surface area (Å²) in [5.41, 5.74) is 3.16. The molecule has 7 heteroatoms. The third-order valence-corrected chi connectivity index (χ3v) is 4.91. The van der Waals surface area contributed by atoms with Crippen molar-refractivity contribution < 1.29 is 9.90 Å². The molecule has 1 amide bonds. The van der Waals surface area contributed by atoms with Gasteiger partial charge in [-0.05, 0) is 30.8 Å². The van der Waals surface area contributed by atoms with E-state index in [1.165, 1.54) is 0 Å². The van der Waals surface area contributed by atoms with Crippen molar-refractivity contribution in [1.29, 1.82) is 0 Å². The van der Waals surface area contributed by atoms with Crippen molar-refractivity contribution in [2.75, 3.05) is 26.7 Å². The van der Waals surface area contributed by atoms with Gasteiger partial charge in [0.2, 0.25) is 5.91 Å². The monoisotopic (exact) mass is 351 g/mol. The number of carbonyl (C=O) groups is 1. The Kier molecular flexibility index (Phi) is 4.30. The van der Waals surface area contributed by atoms with Gasteiger partial charge in [0, 0.05) is 49.1 Å². The molecular weight excluding hydrogens is 330 g/mol. The minimum atomic E-state index is 0.184. The number of amides is 1. The van der Waals surface area contributed by atoms with Gasteiger partial charge in [-0.3, -0.25) is 4.79 Å². The van der Waals surface area contributed by atoms with Crippen LogP contribution in [0.1, 0.15) is 17.9 Å². The summed E-state index contributed by atoms with van der Waals surface area (Å²) in [7, 11) is 1.85. The van der Waals surface area contributed by atoms with Crippen LogP contribution in [0.2, 0.25) is 0 Å². The average Bonchev–Trinajstić information content (AvgIpc) is 3.02. The third-order valence-electron chi connectivity index (χ3n) is 4.91. The molecule has 3 heterocycles. The standard InChI is InChI=1S/C19H21N5O2/c1-20-7-6-18(26)24-10-12(11-24)15-9-21-19-14(15)8-16(22-23-19)13-4-2-3-5-17(13)25/h2-5,8-9,12,20,25H,6-7,10-11H2,1H3,(H,21,23). The Bertz CT molecular complexity index is 946. The van der Waals surface area contributed by atoms with Gasteiger partial charge in [-0.2, -0.15) is 0 Å². The fourth-order valence-electron chi connectivity index (χ4n) is 3.37. The van der Waals surface area contributed by atoms with Gasteiger partial charge in [0.15, 0.2) is 5.65 Å². The number of hydrogen-bond donors (Lipinski definition) is 3. The molecule has 0 spiro atoms. The fourth-order valence-corrected chi connectivity index (χ4v) is 3.37. The van der Waals surface area contributed by atoms with E-state index in [0.717, 1.165) is 29.7 Å². The zero-order valence-electron chi connectivity index (χ0n) is 14.6. The smallest absolute Gasteiger partial charge is 0.223 e. The Morgan fingerprint density at radius 3 is 2.92 bits per heavy atom. The Balaban J connectivity index is 1.57. The summed E-state index contributed by atoms with van der Waals surface area (Å²) in [6, 6.07) is 9.05. The first-order valence-corrected chi connectivity index (χ1v) is 8.73. The quantitative estimate of drug-likeness (QED) is 0.652. The van der Waals surface area contributed by atoms with Crippen LogP contribution < -0.4 is 5.32 Å². The van der Waals surface area contributed by atoms with E-state index in [1.807, 2.05) is 36.3 Å². The van der Waals surface area contributed by atoms with E-state index in [1.54, 1.807) is 12.1 Å². The average molecular weight is 351 g/mol. The van der Waals surface area contributed by atoms with E-state index >= 15 is 0 Å². The van der Waals surface area contributed by atoms with Gasteiger partial charge in [-0.1, -0.05) is 12.1 Å². The number of nitrogens with one attached hydrogen (secondary N) is 2. The van der Waals surface area contributed by atoms with Crippen LogP contribution in [0, 0.1) is 0 Å². The number of hydrogen-bond acceptors (Lipinski definition) is 5. The highest BCUT2D eigenvalue weighted by molar-refractivity contribution is 5.85. The Morgan fingerprint density at radius 1 is 1.35 bits per heavy atom. The minimum absolute atomic E-state index is 0.184. The number of fused-ring (bicyclic) bond motifs is 1. The minimum Gasteiger partial charge on any atom is -0.507 e. The van der Waals surface area contributed by atoms with Crippen LogP contribution in [0.15, 0.2) is 36.5 Å². The predicted molar refractivity (Wildman–Crippen MR) is 98.9 cm³/mol. The summed E-state index contributed by atoms with van der Waals surface area (Å²) >= 11 is 0. The molecule has 0 atom stereocenters. The van der Waals surface area contributed by atoms with Crippen molar-refractivity contribution in [3.05, 3.63) is 42.1 Å². The van der Waals surface area contributed by atoms with Crippen LogP contribution in [0.3, 0.4) is 0 Å². The lowest BCUT2D eigenvalue weighted by atomic mass is 9.91.